The van der Waals surface area contributed by atoms with Crippen molar-refractivity contribution in [1.29, 1.82) is 0 Å². The van der Waals surface area contributed by atoms with Crippen LogP contribution >= 0.6 is 0 Å². The summed E-state index contributed by atoms with van der Waals surface area (Å²) in [5.41, 5.74) is 3.67. The van der Waals surface area contributed by atoms with Crippen molar-refractivity contribution >= 4 is 10.9 Å². The van der Waals surface area contributed by atoms with Crippen LogP contribution < -0.4 is 5.32 Å². The van der Waals surface area contributed by atoms with Crippen LogP contribution in [0.1, 0.15) is 44.7 Å². The molecule has 0 saturated carbocycles. The second kappa shape index (κ2) is 7.20. The molecule has 0 radical (unpaired) electrons. The summed E-state index contributed by atoms with van der Waals surface area (Å²) in [4.78, 5) is 4.57. The summed E-state index contributed by atoms with van der Waals surface area (Å²) < 4.78 is 0. The van der Waals surface area contributed by atoms with Gasteiger partial charge in [-0.1, -0.05) is 50.3 Å². The lowest BCUT2D eigenvalue weighted by Gasteiger charge is -2.21. The van der Waals surface area contributed by atoms with Crippen LogP contribution in [0, 0.1) is 0 Å². The van der Waals surface area contributed by atoms with Gasteiger partial charge in [0.2, 0.25) is 0 Å². The number of benzene rings is 1. The van der Waals surface area contributed by atoms with Gasteiger partial charge in [-0.25, -0.2) is 0 Å². The fourth-order valence-electron chi connectivity index (χ4n) is 2.45. The van der Waals surface area contributed by atoms with Crippen molar-refractivity contribution in [2.24, 2.45) is 0 Å². The van der Waals surface area contributed by atoms with Gasteiger partial charge < -0.3 is 5.32 Å². The SMILES string of the molecule is C=C(CC)CC(NCCC)c1cccc2cccnc12. The molecule has 1 aromatic heterocycles. The molecule has 2 aromatic rings. The van der Waals surface area contributed by atoms with Crippen molar-refractivity contribution in [2.75, 3.05) is 6.54 Å². The fourth-order valence-corrected chi connectivity index (χ4v) is 2.45. The second-order valence-electron chi connectivity index (χ2n) is 5.24. The molecule has 2 rings (SSSR count). The molecular weight excluding hydrogens is 244 g/mol. The molecule has 0 spiro atoms. The quantitative estimate of drug-likeness (QED) is 0.740. The number of fused-ring (bicyclic) bond motifs is 1. The van der Waals surface area contributed by atoms with E-state index in [0.717, 1.165) is 31.3 Å². The Kier molecular flexibility index (Phi) is 5.31. The van der Waals surface area contributed by atoms with Gasteiger partial charge in [-0.2, -0.15) is 0 Å². The van der Waals surface area contributed by atoms with E-state index in [1.165, 1.54) is 16.5 Å². The van der Waals surface area contributed by atoms with Crippen LogP contribution in [0.15, 0.2) is 48.7 Å². The van der Waals surface area contributed by atoms with E-state index in [0.29, 0.717) is 6.04 Å². The Hall–Kier alpha value is -1.67. The number of nitrogens with zero attached hydrogens (tertiary/aromatic N) is 1. The third-order valence-electron chi connectivity index (χ3n) is 3.67. The second-order valence-corrected chi connectivity index (χ2v) is 5.24. The van der Waals surface area contributed by atoms with Gasteiger partial charge in [-0.3, -0.25) is 4.98 Å². The molecule has 1 aromatic carbocycles. The van der Waals surface area contributed by atoms with E-state index in [-0.39, 0.29) is 0 Å². The number of hydrogen-bond acceptors (Lipinski definition) is 2. The Labute approximate surface area is 121 Å². The zero-order valence-electron chi connectivity index (χ0n) is 12.5. The zero-order chi connectivity index (χ0) is 14.4. The van der Waals surface area contributed by atoms with E-state index in [9.17, 15) is 0 Å². The topological polar surface area (TPSA) is 24.9 Å². The summed E-state index contributed by atoms with van der Waals surface area (Å²) in [7, 11) is 0. The summed E-state index contributed by atoms with van der Waals surface area (Å²) in [6, 6.07) is 10.8. The zero-order valence-corrected chi connectivity index (χ0v) is 12.5. The smallest absolute Gasteiger partial charge is 0.0749 e. The van der Waals surface area contributed by atoms with Gasteiger partial charge in [0.1, 0.15) is 0 Å². The normalized spacial score (nSPS) is 12.5. The number of pyridine rings is 1. The van der Waals surface area contributed by atoms with Crippen molar-refractivity contribution in [2.45, 2.75) is 39.2 Å². The van der Waals surface area contributed by atoms with Crippen LogP contribution in [-0.2, 0) is 0 Å². The van der Waals surface area contributed by atoms with Gasteiger partial charge in [0.05, 0.1) is 5.52 Å². The standard InChI is InChI=1S/C18H24N2/c1-4-11-19-17(13-14(3)5-2)16-10-6-8-15-9-7-12-20-18(15)16/h6-10,12,17,19H,3-5,11,13H2,1-2H3. The van der Waals surface area contributed by atoms with Crippen LogP contribution in [0.3, 0.4) is 0 Å². The summed E-state index contributed by atoms with van der Waals surface area (Å²) in [6.45, 7) is 9.55. The lowest BCUT2D eigenvalue weighted by Crippen LogP contribution is -2.23. The molecule has 0 bridgehead atoms. The lowest BCUT2D eigenvalue weighted by molar-refractivity contribution is 0.526. The van der Waals surface area contributed by atoms with Crippen molar-refractivity contribution in [3.8, 4) is 0 Å². The first kappa shape index (κ1) is 14.7. The van der Waals surface area contributed by atoms with Crippen LogP contribution in [0.2, 0.25) is 0 Å². The van der Waals surface area contributed by atoms with Crippen molar-refractivity contribution in [3.05, 3.63) is 54.2 Å². The first-order valence-corrected chi connectivity index (χ1v) is 7.50. The summed E-state index contributed by atoms with van der Waals surface area (Å²) >= 11 is 0. The fraction of sp³-hybridized carbons (Fsp3) is 0.389. The summed E-state index contributed by atoms with van der Waals surface area (Å²) in [6.07, 6.45) is 5.01. The average Bonchev–Trinajstić information content (AvgIpc) is 2.50. The molecule has 0 amide bonds. The summed E-state index contributed by atoms with van der Waals surface area (Å²) in [5, 5.41) is 4.85. The molecule has 2 heteroatoms. The predicted molar refractivity (Wildman–Crippen MR) is 86.8 cm³/mol. The minimum atomic E-state index is 0.306. The van der Waals surface area contributed by atoms with Gasteiger partial charge in [-0.15, -0.1) is 0 Å². The molecular formula is C18H24N2. The van der Waals surface area contributed by atoms with Crippen LogP contribution in [-0.4, -0.2) is 11.5 Å². The molecule has 2 nitrogen and oxygen atoms in total. The molecule has 0 aliphatic heterocycles. The summed E-state index contributed by atoms with van der Waals surface area (Å²) in [5.74, 6) is 0. The van der Waals surface area contributed by atoms with Crippen molar-refractivity contribution < 1.29 is 0 Å². The van der Waals surface area contributed by atoms with E-state index in [4.69, 9.17) is 0 Å². The maximum absolute atomic E-state index is 4.57. The highest BCUT2D eigenvalue weighted by Gasteiger charge is 2.15. The Morgan fingerprint density at radius 1 is 1.25 bits per heavy atom. The van der Waals surface area contributed by atoms with E-state index >= 15 is 0 Å². The maximum atomic E-state index is 4.57. The average molecular weight is 268 g/mol. The molecule has 1 atom stereocenters. The number of hydrogen-bond donors (Lipinski definition) is 1. The van der Waals surface area contributed by atoms with Gasteiger partial charge >= 0.3 is 0 Å². The monoisotopic (exact) mass is 268 g/mol. The molecule has 106 valence electrons. The highest BCUT2D eigenvalue weighted by atomic mass is 14.9. The van der Waals surface area contributed by atoms with Gasteiger partial charge in [0, 0.05) is 17.6 Å². The number of rotatable bonds is 7. The Balaban J connectivity index is 2.36. The van der Waals surface area contributed by atoms with Crippen molar-refractivity contribution in [3.63, 3.8) is 0 Å². The Bertz CT molecular complexity index is 569. The lowest BCUT2D eigenvalue weighted by atomic mass is 9.96. The molecule has 0 aliphatic rings. The third-order valence-corrected chi connectivity index (χ3v) is 3.67. The molecule has 0 saturated heterocycles. The Morgan fingerprint density at radius 3 is 2.80 bits per heavy atom. The molecule has 0 fully saturated rings. The molecule has 20 heavy (non-hydrogen) atoms. The molecule has 1 unspecified atom stereocenters. The van der Waals surface area contributed by atoms with E-state index in [1.54, 1.807) is 0 Å². The van der Waals surface area contributed by atoms with E-state index < -0.39 is 0 Å². The third kappa shape index (κ3) is 3.45. The van der Waals surface area contributed by atoms with Crippen LogP contribution in [0.5, 0.6) is 0 Å². The first-order chi connectivity index (χ1) is 9.76. The predicted octanol–water partition coefficient (Wildman–Crippen LogP) is 4.63. The molecule has 1 N–H and O–H groups in total. The van der Waals surface area contributed by atoms with Gasteiger partial charge in [0.25, 0.3) is 0 Å². The Morgan fingerprint density at radius 2 is 2.05 bits per heavy atom. The number of nitrogens with one attached hydrogen (secondary N) is 1. The maximum Gasteiger partial charge on any atom is 0.0749 e. The van der Waals surface area contributed by atoms with Gasteiger partial charge in [-0.05, 0) is 37.4 Å². The minimum absolute atomic E-state index is 0.306. The molecule has 1 heterocycles. The molecule has 0 aliphatic carbocycles. The first-order valence-electron chi connectivity index (χ1n) is 7.50. The number of aromatic nitrogens is 1. The van der Waals surface area contributed by atoms with Crippen LogP contribution in [0.4, 0.5) is 0 Å². The van der Waals surface area contributed by atoms with E-state index in [1.807, 2.05) is 12.3 Å². The highest BCUT2D eigenvalue weighted by molar-refractivity contribution is 5.82. The minimum Gasteiger partial charge on any atom is -0.310 e. The largest absolute Gasteiger partial charge is 0.310 e. The highest BCUT2D eigenvalue weighted by Crippen LogP contribution is 2.27. The van der Waals surface area contributed by atoms with Crippen molar-refractivity contribution in [1.82, 2.24) is 10.3 Å². The van der Waals surface area contributed by atoms with Crippen LogP contribution in [0.25, 0.3) is 10.9 Å². The van der Waals surface area contributed by atoms with E-state index in [2.05, 4.69) is 55.0 Å². The number of para-hydroxylation sites is 1. The van der Waals surface area contributed by atoms with Gasteiger partial charge in [0.15, 0.2) is 0 Å².